The van der Waals surface area contributed by atoms with Crippen molar-refractivity contribution in [3.05, 3.63) is 46.6 Å². The highest BCUT2D eigenvalue weighted by atomic mass is 79.9. The molecule has 1 amide bonds. The van der Waals surface area contributed by atoms with Gasteiger partial charge in [0.2, 0.25) is 5.91 Å². The topological polar surface area (TPSA) is 72.9 Å². The Morgan fingerprint density at radius 2 is 2.05 bits per heavy atom. The number of halogens is 1. The van der Waals surface area contributed by atoms with Crippen molar-refractivity contribution >= 4 is 27.7 Å². The number of nitrogens with one attached hydrogen (secondary N) is 1. The standard InChI is InChI=1S/C14H17BrN4O/c1-3-19-12(8-9-17-19)18-13(20)14(2,16)10-4-6-11(15)7-5-10/h4-9H,3,16H2,1-2H3,(H,18,20). The van der Waals surface area contributed by atoms with Gasteiger partial charge in [0, 0.05) is 17.1 Å². The summed E-state index contributed by atoms with van der Waals surface area (Å²) < 4.78 is 2.65. The Morgan fingerprint density at radius 1 is 1.40 bits per heavy atom. The van der Waals surface area contributed by atoms with E-state index in [0.717, 1.165) is 10.0 Å². The summed E-state index contributed by atoms with van der Waals surface area (Å²) in [4.78, 5) is 12.4. The maximum Gasteiger partial charge on any atom is 0.249 e. The molecule has 1 aromatic heterocycles. The monoisotopic (exact) mass is 336 g/mol. The van der Waals surface area contributed by atoms with Crippen LogP contribution in [0.2, 0.25) is 0 Å². The predicted molar refractivity (Wildman–Crippen MR) is 82.2 cm³/mol. The summed E-state index contributed by atoms with van der Waals surface area (Å²) >= 11 is 3.36. The maximum absolute atomic E-state index is 12.4. The smallest absolute Gasteiger partial charge is 0.249 e. The third-order valence-corrected chi connectivity index (χ3v) is 3.70. The molecule has 2 aromatic rings. The van der Waals surface area contributed by atoms with Crippen LogP contribution < -0.4 is 11.1 Å². The third-order valence-electron chi connectivity index (χ3n) is 3.17. The van der Waals surface area contributed by atoms with Gasteiger partial charge in [-0.15, -0.1) is 0 Å². The van der Waals surface area contributed by atoms with Crippen molar-refractivity contribution in [3.63, 3.8) is 0 Å². The summed E-state index contributed by atoms with van der Waals surface area (Å²) in [5, 5.41) is 6.93. The van der Waals surface area contributed by atoms with Crippen molar-refractivity contribution in [1.82, 2.24) is 9.78 Å². The van der Waals surface area contributed by atoms with E-state index in [2.05, 4.69) is 26.3 Å². The summed E-state index contributed by atoms with van der Waals surface area (Å²) in [6.07, 6.45) is 1.65. The SMILES string of the molecule is CCn1nccc1NC(=O)C(C)(N)c1ccc(Br)cc1. The average molecular weight is 337 g/mol. The lowest BCUT2D eigenvalue weighted by Crippen LogP contribution is -2.45. The van der Waals surface area contributed by atoms with E-state index in [0.29, 0.717) is 12.4 Å². The number of amides is 1. The van der Waals surface area contributed by atoms with Crippen LogP contribution in [0, 0.1) is 0 Å². The van der Waals surface area contributed by atoms with Crippen LogP contribution in [0.25, 0.3) is 0 Å². The van der Waals surface area contributed by atoms with Crippen LogP contribution in [-0.2, 0) is 16.9 Å². The molecule has 0 saturated carbocycles. The summed E-state index contributed by atoms with van der Waals surface area (Å²) in [5.74, 6) is 0.376. The Bertz CT molecular complexity index is 604. The highest BCUT2D eigenvalue weighted by Gasteiger charge is 2.31. The lowest BCUT2D eigenvalue weighted by atomic mass is 9.92. The molecule has 1 atom stereocenters. The minimum Gasteiger partial charge on any atom is -0.314 e. The molecule has 0 aliphatic heterocycles. The van der Waals surface area contributed by atoms with Crippen LogP contribution in [0.3, 0.4) is 0 Å². The van der Waals surface area contributed by atoms with Crippen LogP contribution in [0.4, 0.5) is 5.82 Å². The van der Waals surface area contributed by atoms with Gasteiger partial charge in [-0.1, -0.05) is 28.1 Å². The van der Waals surface area contributed by atoms with Crippen molar-refractivity contribution in [3.8, 4) is 0 Å². The molecule has 6 heteroatoms. The molecule has 106 valence electrons. The number of aryl methyl sites for hydroxylation is 1. The first-order valence-corrected chi connectivity index (χ1v) is 7.12. The number of rotatable bonds is 4. The van der Waals surface area contributed by atoms with E-state index < -0.39 is 5.54 Å². The lowest BCUT2D eigenvalue weighted by Gasteiger charge is -2.24. The minimum absolute atomic E-state index is 0.268. The van der Waals surface area contributed by atoms with Gasteiger partial charge in [-0.3, -0.25) is 4.79 Å². The number of nitrogens with zero attached hydrogens (tertiary/aromatic N) is 2. The average Bonchev–Trinajstić information content (AvgIpc) is 2.86. The Labute approximate surface area is 126 Å². The highest BCUT2D eigenvalue weighted by molar-refractivity contribution is 9.10. The molecular formula is C14H17BrN4O. The molecule has 0 spiro atoms. The zero-order valence-corrected chi connectivity index (χ0v) is 13.0. The van der Waals surface area contributed by atoms with Gasteiger partial charge in [0.15, 0.2) is 0 Å². The molecular weight excluding hydrogens is 320 g/mol. The van der Waals surface area contributed by atoms with Crippen LogP contribution in [0.5, 0.6) is 0 Å². The first kappa shape index (κ1) is 14.7. The molecule has 0 aliphatic rings. The first-order chi connectivity index (χ1) is 9.45. The van der Waals surface area contributed by atoms with Gasteiger partial charge in [-0.2, -0.15) is 5.10 Å². The van der Waals surface area contributed by atoms with Gasteiger partial charge in [-0.05, 0) is 31.5 Å². The molecule has 1 heterocycles. The van der Waals surface area contributed by atoms with Gasteiger partial charge < -0.3 is 11.1 Å². The molecule has 5 nitrogen and oxygen atoms in total. The first-order valence-electron chi connectivity index (χ1n) is 6.33. The number of hydrogen-bond acceptors (Lipinski definition) is 3. The van der Waals surface area contributed by atoms with Crippen LogP contribution >= 0.6 is 15.9 Å². The van der Waals surface area contributed by atoms with Crippen molar-refractivity contribution in [2.24, 2.45) is 5.73 Å². The number of hydrogen-bond donors (Lipinski definition) is 2. The maximum atomic E-state index is 12.4. The Morgan fingerprint density at radius 3 is 2.65 bits per heavy atom. The Hall–Kier alpha value is -1.66. The lowest BCUT2D eigenvalue weighted by molar-refractivity contribution is -0.120. The molecule has 0 fully saturated rings. The second-order valence-electron chi connectivity index (χ2n) is 4.70. The van der Waals surface area contributed by atoms with Gasteiger partial charge in [0.25, 0.3) is 0 Å². The van der Waals surface area contributed by atoms with Crippen molar-refractivity contribution in [1.29, 1.82) is 0 Å². The third kappa shape index (κ3) is 2.91. The predicted octanol–water partition coefficient (Wildman–Crippen LogP) is 2.48. The second kappa shape index (κ2) is 5.76. The summed E-state index contributed by atoms with van der Waals surface area (Å²) in [6.45, 7) is 4.33. The number of benzene rings is 1. The van der Waals surface area contributed by atoms with Crippen LogP contribution in [0.15, 0.2) is 41.0 Å². The molecule has 3 N–H and O–H groups in total. The number of nitrogens with two attached hydrogens (primary N) is 1. The summed E-state index contributed by atoms with van der Waals surface area (Å²) in [6, 6.07) is 9.15. The number of aromatic nitrogens is 2. The number of anilines is 1. The number of carbonyl (C=O) groups is 1. The molecule has 1 unspecified atom stereocenters. The fourth-order valence-corrected chi connectivity index (χ4v) is 2.13. The zero-order chi connectivity index (χ0) is 14.8. The van der Waals surface area contributed by atoms with Crippen molar-refractivity contribution < 1.29 is 4.79 Å². The van der Waals surface area contributed by atoms with Crippen molar-refractivity contribution in [2.45, 2.75) is 25.9 Å². The van der Waals surface area contributed by atoms with Gasteiger partial charge in [0.05, 0.1) is 6.20 Å². The molecule has 20 heavy (non-hydrogen) atoms. The van der Waals surface area contributed by atoms with E-state index in [1.165, 1.54) is 0 Å². The Balaban J connectivity index is 2.21. The summed E-state index contributed by atoms with van der Waals surface area (Å²) in [5.41, 5.74) is 5.83. The molecule has 2 rings (SSSR count). The van der Waals surface area contributed by atoms with Crippen molar-refractivity contribution in [2.75, 3.05) is 5.32 Å². The molecule has 0 bridgehead atoms. The highest BCUT2D eigenvalue weighted by Crippen LogP contribution is 2.22. The fourth-order valence-electron chi connectivity index (χ4n) is 1.86. The Kier molecular flexibility index (Phi) is 4.25. The second-order valence-corrected chi connectivity index (χ2v) is 5.61. The van der Waals surface area contributed by atoms with Crippen LogP contribution in [0.1, 0.15) is 19.4 Å². The number of carbonyl (C=O) groups excluding carboxylic acids is 1. The molecule has 1 aromatic carbocycles. The van der Waals surface area contributed by atoms with E-state index in [4.69, 9.17) is 5.73 Å². The van der Waals surface area contributed by atoms with E-state index in [-0.39, 0.29) is 5.91 Å². The van der Waals surface area contributed by atoms with E-state index in [9.17, 15) is 4.79 Å². The minimum atomic E-state index is -1.11. The largest absolute Gasteiger partial charge is 0.314 e. The fraction of sp³-hybridized carbons (Fsp3) is 0.286. The molecule has 0 saturated heterocycles. The molecule has 0 aliphatic carbocycles. The normalized spacial score (nSPS) is 13.8. The van der Waals surface area contributed by atoms with Gasteiger partial charge >= 0.3 is 0 Å². The molecule has 0 radical (unpaired) electrons. The quantitative estimate of drug-likeness (QED) is 0.900. The van der Waals surface area contributed by atoms with Gasteiger partial charge in [-0.25, -0.2) is 4.68 Å². The summed E-state index contributed by atoms with van der Waals surface area (Å²) in [7, 11) is 0. The zero-order valence-electron chi connectivity index (χ0n) is 11.4. The van der Waals surface area contributed by atoms with E-state index >= 15 is 0 Å². The van der Waals surface area contributed by atoms with Crippen LogP contribution in [-0.4, -0.2) is 15.7 Å². The van der Waals surface area contributed by atoms with E-state index in [1.807, 2.05) is 31.2 Å². The van der Waals surface area contributed by atoms with Gasteiger partial charge in [0.1, 0.15) is 11.4 Å². The van der Waals surface area contributed by atoms with E-state index in [1.54, 1.807) is 23.9 Å².